The first kappa shape index (κ1) is 54.7. The van der Waals surface area contributed by atoms with E-state index in [1.807, 2.05) is 0 Å². The molecule has 10 rings (SSSR count). The van der Waals surface area contributed by atoms with Crippen molar-refractivity contribution >= 4 is 63.2 Å². The zero-order valence-electron chi connectivity index (χ0n) is 48.8. The van der Waals surface area contributed by atoms with Crippen LogP contribution in [0, 0.1) is 12.3 Å². The molecule has 4 nitrogen and oxygen atoms in total. The van der Waals surface area contributed by atoms with E-state index in [1.165, 1.54) is 102 Å². The Balaban J connectivity index is 0.00000357. The Labute approximate surface area is 463 Å². The molecule has 0 spiro atoms. The van der Waals surface area contributed by atoms with Gasteiger partial charge in [0, 0.05) is 39.7 Å². The molecule has 0 bridgehead atoms. The molecule has 0 radical (unpaired) electrons. The summed E-state index contributed by atoms with van der Waals surface area (Å²) in [5, 5.41) is 0. The van der Waals surface area contributed by atoms with E-state index in [1.54, 1.807) is 7.11 Å². The quantitative estimate of drug-likeness (QED) is 0.162. The van der Waals surface area contributed by atoms with E-state index in [9.17, 15) is 0 Å². The van der Waals surface area contributed by atoms with E-state index in [0.29, 0.717) is 0 Å². The maximum Gasteiger partial charge on any atom is 0.247 e. The molecule has 2 aliphatic heterocycles. The number of benzene rings is 7. The molecular formula is C72H82BN3O. The number of ether oxygens (including phenoxy) is 1. The van der Waals surface area contributed by atoms with Gasteiger partial charge in [-0.05, 0) is 183 Å². The van der Waals surface area contributed by atoms with Crippen LogP contribution in [0.15, 0.2) is 181 Å². The van der Waals surface area contributed by atoms with Gasteiger partial charge in [0.15, 0.2) is 0 Å². The topological polar surface area (TPSA) is 41.7 Å². The first-order valence-corrected chi connectivity index (χ1v) is 27.9. The minimum Gasteiger partial charge on any atom is -0.496 e. The van der Waals surface area contributed by atoms with Gasteiger partial charge >= 0.3 is 0 Å². The van der Waals surface area contributed by atoms with Crippen molar-refractivity contribution in [3.8, 4) is 16.9 Å². The molecule has 0 amide bonds. The summed E-state index contributed by atoms with van der Waals surface area (Å²) in [6.07, 6.45) is 14.8. The molecule has 0 aromatic heterocycles. The van der Waals surface area contributed by atoms with Crippen LogP contribution in [0.2, 0.25) is 0 Å². The highest BCUT2D eigenvalue weighted by molar-refractivity contribution is 6.98. The number of rotatable bonds is 7. The fraction of sp³-hybridized carbons (Fsp3) is 0.306. The van der Waals surface area contributed by atoms with Crippen molar-refractivity contribution < 1.29 is 4.74 Å². The molecule has 0 unspecified atom stereocenters. The molecule has 5 heteroatoms. The third-order valence-corrected chi connectivity index (χ3v) is 16.0. The first-order chi connectivity index (χ1) is 36.6. The van der Waals surface area contributed by atoms with Gasteiger partial charge in [0.1, 0.15) is 5.75 Å². The fourth-order valence-corrected chi connectivity index (χ4v) is 11.5. The number of methoxy groups -OCH3 is 1. The lowest BCUT2D eigenvalue weighted by Crippen LogP contribution is -2.59. The highest BCUT2D eigenvalue weighted by atomic mass is 16.5. The lowest BCUT2D eigenvalue weighted by Gasteiger charge is -2.40. The highest BCUT2D eigenvalue weighted by Crippen LogP contribution is 2.43. The van der Waals surface area contributed by atoms with Gasteiger partial charge in [-0.25, -0.2) is 0 Å². The molecule has 2 N–H and O–H groups in total. The maximum absolute atomic E-state index is 6.01. The summed E-state index contributed by atoms with van der Waals surface area (Å²) in [5.41, 5.74) is 29.7. The number of nitrogens with two attached hydrogens (primary N) is 1. The van der Waals surface area contributed by atoms with Gasteiger partial charge in [0.05, 0.1) is 7.11 Å². The second-order valence-corrected chi connectivity index (χ2v) is 25.5. The summed E-state index contributed by atoms with van der Waals surface area (Å²) < 4.78 is 6.01. The molecule has 3 aliphatic rings. The first-order valence-electron chi connectivity index (χ1n) is 27.9. The largest absolute Gasteiger partial charge is 0.496 e. The Morgan fingerprint density at radius 2 is 1.18 bits per heavy atom. The van der Waals surface area contributed by atoms with E-state index in [0.717, 1.165) is 41.7 Å². The third-order valence-electron chi connectivity index (χ3n) is 16.0. The lowest BCUT2D eigenvalue weighted by atomic mass is 9.33. The summed E-state index contributed by atoms with van der Waals surface area (Å²) in [6.45, 7) is 30.1. The van der Waals surface area contributed by atoms with Crippen LogP contribution in [0.25, 0.3) is 22.8 Å². The SMILES string of the molecule is CN.COc1ccc(C2=C/Cc3cc(N(C4=CC=C(C(C)(C)C)CC4)c4ccc(C(C)(C)C)cc4)ccc3B3c4cc(C(C)(C)C)ccc4N(c4ccc(C(C)(C)C)cc4)c4cc(C)cc(c43)/C=C\2)cc1-c1ccccc1. The molecule has 7 aromatic rings. The molecule has 2 heterocycles. The van der Waals surface area contributed by atoms with Crippen LogP contribution < -0.4 is 36.7 Å². The standard InChI is InChI=1S/C71H77BN2O.CH5N/c1-47-42-52-23-21-48(50-24-41-66(75-14)61(45-50)49-18-16-15-17-19-49)20-22-51-44-60(73(57-32-25-53(26-33-57)68(2,3)4)58-34-27-54(28-35-58)69(5,6)7)38-39-62(51)72-63-46-56(71(11,12)13)31-40-64(63)74(65(43-47)67(52)72)59-36-29-55(30-37-59)70(8,9)10;1-2/h15-21,23-27,29-34,36-46H,22,28,35H2,1-14H3;2H2,1H3/b23-21-,48-20+;. The molecule has 7 aromatic carbocycles. The molecule has 394 valence electrons. The van der Waals surface area contributed by atoms with Gasteiger partial charge in [-0.1, -0.05) is 203 Å². The molecule has 77 heavy (non-hydrogen) atoms. The van der Waals surface area contributed by atoms with Crippen molar-refractivity contribution in [1.29, 1.82) is 0 Å². The Kier molecular flexibility index (Phi) is 15.2. The van der Waals surface area contributed by atoms with Crippen LogP contribution >= 0.6 is 0 Å². The highest BCUT2D eigenvalue weighted by Gasteiger charge is 2.39. The second kappa shape index (κ2) is 21.4. The van der Waals surface area contributed by atoms with Crippen molar-refractivity contribution in [3.63, 3.8) is 0 Å². The van der Waals surface area contributed by atoms with Crippen molar-refractivity contribution in [3.05, 3.63) is 220 Å². The maximum atomic E-state index is 6.01. The van der Waals surface area contributed by atoms with Crippen LogP contribution in [0.4, 0.5) is 28.4 Å². The van der Waals surface area contributed by atoms with E-state index >= 15 is 0 Å². The summed E-state index contributed by atoms with van der Waals surface area (Å²) >= 11 is 0. The van der Waals surface area contributed by atoms with Crippen molar-refractivity contribution in [2.75, 3.05) is 24.0 Å². The zero-order chi connectivity index (χ0) is 55.2. The number of hydrogen-bond donors (Lipinski definition) is 1. The molecule has 0 atom stereocenters. The zero-order valence-corrected chi connectivity index (χ0v) is 48.8. The van der Waals surface area contributed by atoms with Crippen LogP contribution in [0.5, 0.6) is 5.75 Å². The number of nitrogens with zero attached hydrogens (tertiary/aromatic N) is 2. The van der Waals surface area contributed by atoms with Crippen molar-refractivity contribution in [2.45, 2.75) is 126 Å². The molecule has 0 fully saturated rings. The van der Waals surface area contributed by atoms with E-state index in [-0.39, 0.29) is 28.4 Å². The third kappa shape index (κ3) is 11.2. The predicted octanol–water partition coefficient (Wildman–Crippen LogP) is 16.9. The Bertz CT molecular complexity index is 3420. The number of allylic oxidation sites excluding steroid dienone is 7. The van der Waals surface area contributed by atoms with Crippen LogP contribution in [0.1, 0.15) is 135 Å². The smallest absolute Gasteiger partial charge is 0.247 e. The molecule has 0 saturated heterocycles. The molecule has 0 saturated carbocycles. The minimum atomic E-state index is -0.0557. The monoisotopic (exact) mass is 1020 g/mol. The Morgan fingerprint density at radius 3 is 1.79 bits per heavy atom. The van der Waals surface area contributed by atoms with Crippen LogP contribution in [-0.2, 0) is 22.7 Å². The van der Waals surface area contributed by atoms with Gasteiger partial charge in [-0.3, -0.25) is 0 Å². The molecular weight excluding hydrogens is 934 g/mol. The second-order valence-electron chi connectivity index (χ2n) is 25.5. The van der Waals surface area contributed by atoms with Gasteiger partial charge in [0.25, 0.3) is 0 Å². The van der Waals surface area contributed by atoms with E-state index in [2.05, 4.69) is 282 Å². The van der Waals surface area contributed by atoms with Gasteiger partial charge < -0.3 is 20.3 Å². The van der Waals surface area contributed by atoms with Crippen LogP contribution in [0.3, 0.4) is 0 Å². The molecule has 1 aliphatic carbocycles. The average Bonchev–Trinajstić information content (AvgIpc) is 3.55. The van der Waals surface area contributed by atoms with Gasteiger partial charge in [-0.15, -0.1) is 0 Å². The van der Waals surface area contributed by atoms with Gasteiger partial charge in [0.2, 0.25) is 6.71 Å². The Hall–Kier alpha value is -7.08. The van der Waals surface area contributed by atoms with Gasteiger partial charge in [-0.2, -0.15) is 0 Å². The number of fused-ring (bicyclic) bond motifs is 4. The number of anilines is 5. The van der Waals surface area contributed by atoms with Crippen molar-refractivity contribution in [2.24, 2.45) is 11.1 Å². The van der Waals surface area contributed by atoms with E-state index in [4.69, 9.17) is 4.74 Å². The van der Waals surface area contributed by atoms with E-state index < -0.39 is 0 Å². The number of hydrogen-bond acceptors (Lipinski definition) is 4. The summed E-state index contributed by atoms with van der Waals surface area (Å²) in [5.74, 6) is 0.862. The fourth-order valence-electron chi connectivity index (χ4n) is 11.5. The average molecular weight is 1020 g/mol. The normalized spacial score (nSPS) is 15.6. The Morgan fingerprint density at radius 1 is 0.545 bits per heavy atom. The summed E-state index contributed by atoms with van der Waals surface area (Å²) in [4.78, 5) is 5.09. The number of aryl methyl sites for hydroxylation is 1. The minimum absolute atomic E-state index is 0.0375. The lowest BCUT2D eigenvalue weighted by molar-refractivity contribution is 0.416. The summed E-state index contributed by atoms with van der Waals surface area (Å²) in [6, 6.07) is 55.6. The van der Waals surface area contributed by atoms with Crippen LogP contribution in [-0.4, -0.2) is 20.9 Å². The summed E-state index contributed by atoms with van der Waals surface area (Å²) in [7, 11) is 3.27. The van der Waals surface area contributed by atoms with Crippen molar-refractivity contribution in [1.82, 2.24) is 0 Å². The predicted molar refractivity (Wildman–Crippen MR) is 336 cm³/mol.